The third-order valence-corrected chi connectivity index (χ3v) is 2.27. The van der Waals surface area contributed by atoms with Gasteiger partial charge in [0, 0.05) is 6.42 Å². The highest BCUT2D eigenvalue weighted by Gasteiger charge is 2.25. The van der Waals surface area contributed by atoms with Gasteiger partial charge in [-0.1, -0.05) is 27.7 Å². The van der Waals surface area contributed by atoms with E-state index in [1.807, 2.05) is 6.92 Å². The molecule has 2 N–H and O–H groups in total. The average Bonchev–Trinajstić information content (AvgIpc) is 1.77. The van der Waals surface area contributed by atoms with E-state index in [9.17, 15) is 10.2 Å². The fraction of sp³-hybridized carbons (Fsp3) is 1.00. The van der Waals surface area contributed by atoms with Gasteiger partial charge in [-0.3, -0.25) is 0 Å². The van der Waals surface area contributed by atoms with Gasteiger partial charge in [0.15, 0.2) is 0 Å². The molecule has 14 heavy (non-hydrogen) atoms. The predicted molar refractivity (Wildman–Crippen MR) is 60.2 cm³/mol. The largest absolute Gasteiger partial charge is 0.393 e. The Hall–Kier alpha value is -0.0800. The van der Waals surface area contributed by atoms with Gasteiger partial charge in [-0.05, 0) is 31.6 Å². The van der Waals surface area contributed by atoms with E-state index in [1.54, 1.807) is 0 Å². The summed E-state index contributed by atoms with van der Waals surface area (Å²) in [5, 5.41) is 19.7. The van der Waals surface area contributed by atoms with Gasteiger partial charge in [0.25, 0.3) is 0 Å². The van der Waals surface area contributed by atoms with Crippen LogP contribution in [0.4, 0.5) is 0 Å². The van der Waals surface area contributed by atoms with Crippen LogP contribution in [0.15, 0.2) is 0 Å². The van der Waals surface area contributed by atoms with Crippen molar-refractivity contribution in [1.82, 2.24) is 0 Å². The van der Waals surface area contributed by atoms with E-state index in [4.69, 9.17) is 0 Å². The summed E-state index contributed by atoms with van der Waals surface area (Å²) in [6.07, 6.45) is 1.64. The number of rotatable bonds is 6. The molecule has 0 heterocycles. The Balaban J connectivity index is 3.94. The van der Waals surface area contributed by atoms with E-state index in [2.05, 4.69) is 27.7 Å². The number of hydrogen-bond donors (Lipinski definition) is 2. The highest BCUT2D eigenvalue weighted by atomic mass is 16.3. The molecule has 0 amide bonds. The van der Waals surface area contributed by atoms with Crippen LogP contribution in [-0.2, 0) is 0 Å². The zero-order chi connectivity index (χ0) is 11.4. The van der Waals surface area contributed by atoms with Gasteiger partial charge in [-0.15, -0.1) is 0 Å². The summed E-state index contributed by atoms with van der Waals surface area (Å²) in [7, 11) is 0. The smallest absolute Gasteiger partial charge is 0.0646 e. The summed E-state index contributed by atoms with van der Waals surface area (Å²) in [6.45, 7) is 10.2. The van der Waals surface area contributed by atoms with Crippen LogP contribution in [0.2, 0.25) is 0 Å². The zero-order valence-corrected chi connectivity index (χ0v) is 10.2. The third kappa shape index (κ3) is 7.34. The van der Waals surface area contributed by atoms with Gasteiger partial charge < -0.3 is 10.2 Å². The van der Waals surface area contributed by atoms with E-state index in [0.717, 1.165) is 12.8 Å². The minimum Gasteiger partial charge on any atom is -0.393 e. The Labute approximate surface area is 88.3 Å². The second-order valence-corrected chi connectivity index (χ2v) is 5.58. The molecule has 0 rings (SSSR count). The zero-order valence-electron chi connectivity index (χ0n) is 10.2. The Kier molecular flexibility index (Phi) is 5.68. The molecule has 0 aromatic rings. The first-order valence-corrected chi connectivity index (χ1v) is 5.63. The molecule has 2 atom stereocenters. The molecule has 0 aliphatic heterocycles. The Morgan fingerprint density at radius 3 is 1.86 bits per heavy atom. The molecule has 0 saturated heterocycles. The van der Waals surface area contributed by atoms with Gasteiger partial charge in [0.2, 0.25) is 0 Å². The van der Waals surface area contributed by atoms with Crippen LogP contribution in [0.25, 0.3) is 0 Å². The van der Waals surface area contributed by atoms with Crippen LogP contribution < -0.4 is 0 Å². The lowest BCUT2D eigenvalue weighted by atomic mass is 9.87. The predicted octanol–water partition coefficient (Wildman–Crippen LogP) is 2.58. The maximum Gasteiger partial charge on any atom is 0.0646 e. The highest BCUT2D eigenvalue weighted by molar-refractivity contribution is 4.78. The van der Waals surface area contributed by atoms with Crippen molar-refractivity contribution >= 4 is 0 Å². The van der Waals surface area contributed by atoms with Crippen LogP contribution >= 0.6 is 0 Å². The molecular formula is C12H26O2. The lowest BCUT2D eigenvalue weighted by Gasteiger charge is -2.28. The maximum atomic E-state index is 10.0. The summed E-state index contributed by atoms with van der Waals surface area (Å²) in [5.74, 6) is 0.955. The molecule has 2 heteroatoms. The molecule has 86 valence electrons. The van der Waals surface area contributed by atoms with Crippen molar-refractivity contribution in [3.8, 4) is 0 Å². The average molecular weight is 202 g/mol. The van der Waals surface area contributed by atoms with Crippen LogP contribution in [0, 0.1) is 11.8 Å². The van der Waals surface area contributed by atoms with Crippen LogP contribution in [0.1, 0.15) is 53.9 Å². The molecule has 0 fully saturated rings. The second-order valence-electron chi connectivity index (χ2n) is 5.58. The summed E-state index contributed by atoms with van der Waals surface area (Å²) >= 11 is 0. The van der Waals surface area contributed by atoms with Crippen molar-refractivity contribution in [1.29, 1.82) is 0 Å². The molecule has 0 aliphatic carbocycles. The van der Waals surface area contributed by atoms with Gasteiger partial charge in [-0.2, -0.15) is 0 Å². The minimum atomic E-state index is -0.720. The Morgan fingerprint density at radius 1 is 1.00 bits per heavy atom. The van der Waals surface area contributed by atoms with Crippen molar-refractivity contribution in [3.05, 3.63) is 0 Å². The molecule has 2 nitrogen and oxygen atoms in total. The monoisotopic (exact) mass is 202 g/mol. The lowest BCUT2D eigenvalue weighted by Crippen LogP contribution is -2.32. The highest BCUT2D eigenvalue weighted by Crippen LogP contribution is 2.23. The SMILES string of the molecule is CC(C)CC(O)CC(C)(O)CC(C)C. The van der Waals surface area contributed by atoms with Gasteiger partial charge >= 0.3 is 0 Å². The van der Waals surface area contributed by atoms with Crippen molar-refractivity contribution in [2.75, 3.05) is 0 Å². The first kappa shape index (κ1) is 13.9. The minimum absolute atomic E-state index is 0.372. The molecule has 0 aliphatic rings. The van der Waals surface area contributed by atoms with E-state index in [-0.39, 0.29) is 6.10 Å². The number of aliphatic hydroxyl groups is 2. The molecule has 0 spiro atoms. The topological polar surface area (TPSA) is 40.5 Å². The lowest BCUT2D eigenvalue weighted by molar-refractivity contribution is -0.0158. The van der Waals surface area contributed by atoms with Crippen LogP contribution in [-0.4, -0.2) is 21.9 Å². The third-order valence-electron chi connectivity index (χ3n) is 2.27. The first-order valence-electron chi connectivity index (χ1n) is 5.63. The Bertz CT molecular complexity index is 150. The molecule has 0 saturated carbocycles. The van der Waals surface area contributed by atoms with E-state index in [1.165, 1.54) is 0 Å². The fourth-order valence-corrected chi connectivity index (χ4v) is 2.10. The molecule has 0 radical (unpaired) electrons. The standard InChI is InChI=1S/C12H26O2/c1-9(2)6-11(13)8-12(5,14)7-10(3)4/h9-11,13-14H,6-8H2,1-5H3. The Morgan fingerprint density at radius 2 is 1.50 bits per heavy atom. The van der Waals surface area contributed by atoms with Gasteiger partial charge in [0.05, 0.1) is 11.7 Å². The molecule has 2 unspecified atom stereocenters. The summed E-state index contributed by atoms with van der Waals surface area (Å²) in [4.78, 5) is 0. The van der Waals surface area contributed by atoms with E-state index >= 15 is 0 Å². The van der Waals surface area contributed by atoms with Gasteiger partial charge in [0.1, 0.15) is 0 Å². The fourth-order valence-electron chi connectivity index (χ4n) is 2.10. The molecule has 0 bridgehead atoms. The van der Waals surface area contributed by atoms with Crippen molar-refractivity contribution < 1.29 is 10.2 Å². The van der Waals surface area contributed by atoms with Crippen molar-refractivity contribution in [2.45, 2.75) is 65.6 Å². The number of aliphatic hydroxyl groups excluding tert-OH is 1. The van der Waals surface area contributed by atoms with E-state index < -0.39 is 5.60 Å². The molecular weight excluding hydrogens is 176 g/mol. The number of hydrogen-bond acceptors (Lipinski definition) is 2. The maximum absolute atomic E-state index is 10.0. The van der Waals surface area contributed by atoms with E-state index in [0.29, 0.717) is 18.3 Å². The first-order chi connectivity index (χ1) is 6.23. The van der Waals surface area contributed by atoms with Crippen molar-refractivity contribution in [3.63, 3.8) is 0 Å². The molecule has 0 aromatic carbocycles. The van der Waals surface area contributed by atoms with Crippen LogP contribution in [0.5, 0.6) is 0 Å². The summed E-state index contributed by atoms with van der Waals surface area (Å²) < 4.78 is 0. The summed E-state index contributed by atoms with van der Waals surface area (Å²) in [6, 6.07) is 0. The summed E-state index contributed by atoms with van der Waals surface area (Å²) in [5.41, 5.74) is -0.720. The molecule has 0 aromatic heterocycles. The van der Waals surface area contributed by atoms with Crippen LogP contribution in [0.3, 0.4) is 0 Å². The van der Waals surface area contributed by atoms with Gasteiger partial charge in [-0.25, -0.2) is 0 Å². The quantitative estimate of drug-likeness (QED) is 0.695. The second kappa shape index (κ2) is 5.72. The normalized spacial score (nSPS) is 18.6. The van der Waals surface area contributed by atoms with Crippen molar-refractivity contribution in [2.24, 2.45) is 11.8 Å².